The summed E-state index contributed by atoms with van der Waals surface area (Å²) in [5, 5.41) is 0. The number of hydrogen-bond acceptors (Lipinski definition) is 2. The van der Waals surface area contributed by atoms with E-state index in [-0.39, 0.29) is 0 Å². The second-order valence-electron chi connectivity index (χ2n) is 3.21. The zero-order chi connectivity index (χ0) is 9.23. The van der Waals surface area contributed by atoms with E-state index in [1.807, 2.05) is 6.92 Å². The largest absolute Gasteiger partial charge is 0.380 e. The highest BCUT2D eigenvalue weighted by Crippen LogP contribution is 1.95. The van der Waals surface area contributed by atoms with Crippen molar-refractivity contribution in [1.29, 1.82) is 0 Å². The lowest BCUT2D eigenvalue weighted by Gasteiger charge is -2.15. The van der Waals surface area contributed by atoms with Gasteiger partial charge in [0.15, 0.2) is 0 Å². The van der Waals surface area contributed by atoms with E-state index in [4.69, 9.17) is 4.74 Å². The lowest BCUT2D eigenvalue weighted by atomic mass is 10.2. The molecule has 0 bridgehead atoms. The lowest BCUT2D eigenvalue weighted by molar-refractivity contribution is 0.121. The van der Waals surface area contributed by atoms with Crippen LogP contribution in [0.4, 0.5) is 0 Å². The third kappa shape index (κ3) is 8.02. The van der Waals surface area contributed by atoms with Crippen molar-refractivity contribution in [3.05, 3.63) is 0 Å². The van der Waals surface area contributed by atoms with E-state index in [9.17, 15) is 0 Å². The SMILES string of the molecule is CCCCCN(C)CCOCC. The maximum atomic E-state index is 5.27. The average Bonchev–Trinajstić information content (AvgIpc) is 2.06. The zero-order valence-corrected chi connectivity index (χ0v) is 8.81. The normalized spacial score (nSPS) is 11.0. The molecule has 0 heterocycles. The minimum atomic E-state index is 0.836. The van der Waals surface area contributed by atoms with Gasteiger partial charge in [0.25, 0.3) is 0 Å². The van der Waals surface area contributed by atoms with E-state index in [0.717, 1.165) is 19.8 Å². The van der Waals surface area contributed by atoms with Gasteiger partial charge in [0, 0.05) is 13.2 Å². The highest BCUT2D eigenvalue weighted by molar-refractivity contribution is 4.50. The van der Waals surface area contributed by atoms with Crippen molar-refractivity contribution in [2.24, 2.45) is 0 Å². The van der Waals surface area contributed by atoms with Crippen LogP contribution in [-0.4, -0.2) is 38.3 Å². The first-order chi connectivity index (χ1) is 5.81. The Kier molecular flexibility index (Phi) is 8.95. The number of nitrogens with zero attached hydrogens (tertiary/aromatic N) is 1. The maximum absolute atomic E-state index is 5.27. The average molecular weight is 173 g/mol. The molecule has 0 aliphatic rings. The first kappa shape index (κ1) is 11.9. The fourth-order valence-electron chi connectivity index (χ4n) is 1.11. The van der Waals surface area contributed by atoms with Crippen molar-refractivity contribution >= 4 is 0 Å². The number of unbranched alkanes of at least 4 members (excludes halogenated alkanes) is 2. The van der Waals surface area contributed by atoms with Crippen molar-refractivity contribution in [2.75, 3.05) is 33.4 Å². The second-order valence-corrected chi connectivity index (χ2v) is 3.21. The highest BCUT2D eigenvalue weighted by atomic mass is 16.5. The van der Waals surface area contributed by atoms with Gasteiger partial charge in [-0.25, -0.2) is 0 Å². The van der Waals surface area contributed by atoms with Gasteiger partial charge >= 0.3 is 0 Å². The summed E-state index contributed by atoms with van der Waals surface area (Å²) >= 11 is 0. The molecule has 0 aromatic heterocycles. The lowest BCUT2D eigenvalue weighted by Crippen LogP contribution is -2.24. The molecular weight excluding hydrogens is 150 g/mol. The topological polar surface area (TPSA) is 12.5 Å². The van der Waals surface area contributed by atoms with E-state index in [0.29, 0.717) is 0 Å². The van der Waals surface area contributed by atoms with Crippen LogP contribution in [0.15, 0.2) is 0 Å². The summed E-state index contributed by atoms with van der Waals surface area (Å²) in [7, 11) is 2.16. The van der Waals surface area contributed by atoms with Crippen LogP contribution in [0, 0.1) is 0 Å². The molecule has 2 nitrogen and oxygen atoms in total. The van der Waals surface area contributed by atoms with Crippen LogP contribution in [0.3, 0.4) is 0 Å². The first-order valence-electron chi connectivity index (χ1n) is 5.07. The van der Waals surface area contributed by atoms with Crippen molar-refractivity contribution in [3.8, 4) is 0 Å². The quantitative estimate of drug-likeness (QED) is 0.521. The van der Waals surface area contributed by atoms with Crippen LogP contribution in [-0.2, 0) is 4.74 Å². The third-order valence-electron chi connectivity index (χ3n) is 1.96. The molecule has 0 rings (SSSR count). The van der Waals surface area contributed by atoms with Gasteiger partial charge in [-0.05, 0) is 26.9 Å². The van der Waals surface area contributed by atoms with Gasteiger partial charge in [0.1, 0.15) is 0 Å². The highest BCUT2D eigenvalue weighted by Gasteiger charge is 1.96. The van der Waals surface area contributed by atoms with Gasteiger partial charge < -0.3 is 9.64 Å². The van der Waals surface area contributed by atoms with Gasteiger partial charge in [-0.1, -0.05) is 19.8 Å². The van der Waals surface area contributed by atoms with Crippen LogP contribution in [0.1, 0.15) is 33.1 Å². The number of rotatable bonds is 8. The molecule has 0 fully saturated rings. The maximum Gasteiger partial charge on any atom is 0.0593 e. The molecule has 0 aromatic rings. The van der Waals surface area contributed by atoms with Crippen LogP contribution in [0.25, 0.3) is 0 Å². The van der Waals surface area contributed by atoms with E-state index in [1.54, 1.807) is 0 Å². The Morgan fingerprint density at radius 2 is 1.83 bits per heavy atom. The van der Waals surface area contributed by atoms with Crippen LogP contribution >= 0.6 is 0 Å². The Balaban J connectivity index is 3.04. The van der Waals surface area contributed by atoms with Gasteiger partial charge in [0.05, 0.1) is 6.61 Å². The van der Waals surface area contributed by atoms with Gasteiger partial charge in [-0.2, -0.15) is 0 Å². The van der Waals surface area contributed by atoms with Gasteiger partial charge in [-0.3, -0.25) is 0 Å². The first-order valence-corrected chi connectivity index (χ1v) is 5.07. The number of hydrogen-bond donors (Lipinski definition) is 0. The molecule has 0 amide bonds. The molecule has 12 heavy (non-hydrogen) atoms. The third-order valence-corrected chi connectivity index (χ3v) is 1.96. The predicted molar refractivity (Wildman–Crippen MR) is 53.5 cm³/mol. The van der Waals surface area contributed by atoms with Crippen molar-refractivity contribution in [2.45, 2.75) is 33.1 Å². The minimum Gasteiger partial charge on any atom is -0.380 e. The molecule has 0 unspecified atom stereocenters. The predicted octanol–water partition coefficient (Wildman–Crippen LogP) is 2.14. The summed E-state index contributed by atoms with van der Waals surface area (Å²) in [4.78, 5) is 2.34. The molecule has 0 N–H and O–H groups in total. The minimum absolute atomic E-state index is 0.836. The van der Waals surface area contributed by atoms with Crippen LogP contribution < -0.4 is 0 Å². The van der Waals surface area contributed by atoms with E-state index >= 15 is 0 Å². The van der Waals surface area contributed by atoms with E-state index in [2.05, 4.69) is 18.9 Å². The molecule has 0 aliphatic carbocycles. The van der Waals surface area contributed by atoms with Crippen molar-refractivity contribution < 1.29 is 4.74 Å². The summed E-state index contributed by atoms with van der Waals surface area (Å²) in [6, 6.07) is 0. The van der Waals surface area contributed by atoms with E-state index < -0.39 is 0 Å². The van der Waals surface area contributed by atoms with Gasteiger partial charge in [0.2, 0.25) is 0 Å². The second kappa shape index (κ2) is 9.01. The molecule has 0 saturated carbocycles. The number of likely N-dealkylation sites (N-methyl/N-ethyl adjacent to an activating group) is 1. The Hall–Kier alpha value is -0.0800. The summed E-state index contributed by atoms with van der Waals surface area (Å²) in [6.07, 6.45) is 3.97. The molecule has 0 aliphatic heterocycles. The standard InChI is InChI=1S/C10H23NO/c1-4-6-7-8-11(3)9-10-12-5-2/h4-10H2,1-3H3. The Labute approximate surface area is 76.9 Å². The molecule has 0 aromatic carbocycles. The summed E-state index contributed by atoms with van der Waals surface area (Å²) < 4.78 is 5.27. The molecule has 0 atom stereocenters. The Morgan fingerprint density at radius 1 is 1.08 bits per heavy atom. The molecule has 2 heteroatoms. The molecule has 74 valence electrons. The zero-order valence-electron chi connectivity index (χ0n) is 8.81. The van der Waals surface area contributed by atoms with Gasteiger partial charge in [-0.15, -0.1) is 0 Å². The summed E-state index contributed by atoms with van der Waals surface area (Å²) in [5.74, 6) is 0. The van der Waals surface area contributed by atoms with Crippen molar-refractivity contribution in [1.82, 2.24) is 4.90 Å². The summed E-state index contributed by atoms with van der Waals surface area (Å²) in [6.45, 7) is 8.26. The van der Waals surface area contributed by atoms with Crippen LogP contribution in [0.2, 0.25) is 0 Å². The smallest absolute Gasteiger partial charge is 0.0593 e. The Bertz CT molecular complexity index is 75.9. The fraction of sp³-hybridized carbons (Fsp3) is 1.00. The monoisotopic (exact) mass is 173 g/mol. The summed E-state index contributed by atoms with van der Waals surface area (Å²) in [5.41, 5.74) is 0. The fourth-order valence-corrected chi connectivity index (χ4v) is 1.11. The van der Waals surface area contributed by atoms with E-state index in [1.165, 1.54) is 25.8 Å². The molecule has 0 radical (unpaired) electrons. The van der Waals surface area contributed by atoms with Crippen molar-refractivity contribution in [3.63, 3.8) is 0 Å². The number of ether oxygens (including phenoxy) is 1. The molecular formula is C10H23NO. The molecule has 0 saturated heterocycles. The Morgan fingerprint density at radius 3 is 2.42 bits per heavy atom. The van der Waals surface area contributed by atoms with Crippen LogP contribution in [0.5, 0.6) is 0 Å². The molecule has 0 spiro atoms.